The van der Waals surface area contributed by atoms with Crippen molar-refractivity contribution in [2.45, 2.75) is 51.6 Å². The van der Waals surface area contributed by atoms with Crippen molar-refractivity contribution in [3.8, 4) is 23.0 Å². The van der Waals surface area contributed by atoms with Gasteiger partial charge in [-0.25, -0.2) is 4.79 Å². The number of ether oxygens (including phenoxy) is 5. The average Bonchev–Trinajstić information content (AvgIpc) is 2.90. The van der Waals surface area contributed by atoms with Gasteiger partial charge in [0.05, 0.1) is 40.1 Å². The van der Waals surface area contributed by atoms with Gasteiger partial charge in [0, 0.05) is 35.2 Å². The van der Waals surface area contributed by atoms with Gasteiger partial charge in [0.1, 0.15) is 5.75 Å². The Kier molecular flexibility index (Phi) is 7.99. The highest BCUT2D eigenvalue weighted by Crippen LogP contribution is 2.49. The van der Waals surface area contributed by atoms with Crippen molar-refractivity contribution in [2.24, 2.45) is 0 Å². The van der Waals surface area contributed by atoms with Gasteiger partial charge in [-0.3, -0.25) is 4.79 Å². The number of rotatable bonds is 8. The summed E-state index contributed by atoms with van der Waals surface area (Å²) in [4.78, 5) is 27.4. The van der Waals surface area contributed by atoms with Gasteiger partial charge in [0.25, 0.3) is 0 Å². The lowest BCUT2D eigenvalue weighted by Crippen LogP contribution is -2.36. The Morgan fingerprint density at radius 2 is 1.55 bits per heavy atom. The quantitative estimate of drug-likeness (QED) is 0.484. The highest BCUT2D eigenvalue weighted by atomic mass is 16.5. The molecule has 1 aliphatic carbocycles. The molecule has 2 aliphatic rings. The third-order valence-electron chi connectivity index (χ3n) is 6.99. The summed E-state index contributed by atoms with van der Waals surface area (Å²) in [5, 5.41) is 3.38. The summed E-state index contributed by atoms with van der Waals surface area (Å²) in [5.41, 5.74) is 4.01. The molecule has 2 atom stereocenters. The Balaban J connectivity index is 1.89. The number of methoxy groups -OCH3 is 4. The predicted molar refractivity (Wildman–Crippen MR) is 143 cm³/mol. The normalized spacial score (nSPS) is 19.1. The molecule has 38 heavy (non-hydrogen) atoms. The van der Waals surface area contributed by atoms with E-state index in [4.69, 9.17) is 23.7 Å². The molecule has 0 saturated heterocycles. The number of carbonyl (C=O) groups excluding carboxylic acids is 2. The SMILES string of the molecule is COc1ccccc1[C@H]1CC(=O)C2=C(C1)NC(C)=C(C(=O)OC(C)C)[C@H]2c1cc(OC)c(OC)c(OC)c1. The first-order valence-corrected chi connectivity index (χ1v) is 12.6. The zero-order valence-corrected chi connectivity index (χ0v) is 23.0. The van der Waals surface area contributed by atoms with Crippen LogP contribution in [-0.2, 0) is 14.3 Å². The third-order valence-corrected chi connectivity index (χ3v) is 6.99. The summed E-state index contributed by atoms with van der Waals surface area (Å²) in [6.45, 7) is 5.43. The van der Waals surface area contributed by atoms with E-state index in [0.29, 0.717) is 46.1 Å². The minimum Gasteiger partial charge on any atom is -0.496 e. The van der Waals surface area contributed by atoms with E-state index < -0.39 is 11.9 Å². The summed E-state index contributed by atoms with van der Waals surface area (Å²) in [6.07, 6.45) is 0.551. The summed E-state index contributed by atoms with van der Waals surface area (Å²) < 4.78 is 27.9. The van der Waals surface area contributed by atoms with Crippen molar-refractivity contribution >= 4 is 11.8 Å². The van der Waals surface area contributed by atoms with Crippen molar-refractivity contribution in [1.29, 1.82) is 0 Å². The van der Waals surface area contributed by atoms with E-state index in [-0.39, 0.29) is 24.2 Å². The van der Waals surface area contributed by atoms with E-state index in [0.717, 1.165) is 17.0 Å². The fourth-order valence-corrected chi connectivity index (χ4v) is 5.41. The molecule has 1 aliphatic heterocycles. The number of benzene rings is 2. The molecule has 0 saturated carbocycles. The lowest BCUT2D eigenvalue weighted by molar-refractivity contribution is -0.143. The van der Waals surface area contributed by atoms with Crippen molar-refractivity contribution in [1.82, 2.24) is 5.32 Å². The lowest BCUT2D eigenvalue weighted by Gasteiger charge is -2.37. The molecule has 0 bridgehead atoms. The topological polar surface area (TPSA) is 92.3 Å². The largest absolute Gasteiger partial charge is 0.496 e. The standard InChI is InChI=1S/C30H35NO7/c1-16(2)38-30(33)26-17(3)31-21-12-18(20-10-8-9-11-23(20)34-4)13-22(32)28(21)27(26)19-14-24(35-5)29(37-7)25(15-19)36-6/h8-11,14-16,18,27,31H,12-13H2,1-7H3/t18-,27-/m1/s1. The molecule has 0 spiro atoms. The maximum atomic E-state index is 13.9. The van der Waals surface area contributed by atoms with Crippen LogP contribution in [0.15, 0.2) is 58.9 Å². The Hall–Kier alpha value is -3.94. The molecule has 1 heterocycles. The van der Waals surface area contributed by atoms with Crippen LogP contribution in [0, 0.1) is 0 Å². The number of para-hydroxylation sites is 1. The molecule has 8 heteroatoms. The first-order chi connectivity index (χ1) is 18.2. The van der Waals surface area contributed by atoms with Gasteiger partial charge < -0.3 is 29.0 Å². The summed E-state index contributed by atoms with van der Waals surface area (Å²) in [7, 11) is 6.23. The van der Waals surface area contributed by atoms with E-state index in [1.54, 1.807) is 33.1 Å². The molecule has 2 aromatic carbocycles. The highest BCUT2D eigenvalue weighted by Gasteiger charge is 2.42. The van der Waals surface area contributed by atoms with Crippen LogP contribution in [0.25, 0.3) is 0 Å². The van der Waals surface area contributed by atoms with Gasteiger partial charge in [0.2, 0.25) is 5.75 Å². The molecule has 0 unspecified atom stereocenters. The molecule has 4 rings (SSSR count). The van der Waals surface area contributed by atoms with Crippen molar-refractivity contribution in [3.63, 3.8) is 0 Å². The molecule has 8 nitrogen and oxygen atoms in total. The average molecular weight is 522 g/mol. The van der Waals surface area contributed by atoms with Crippen LogP contribution in [0.2, 0.25) is 0 Å². The molecular weight excluding hydrogens is 486 g/mol. The summed E-state index contributed by atoms with van der Waals surface area (Å²) in [6, 6.07) is 11.3. The van der Waals surface area contributed by atoms with Gasteiger partial charge in [-0.1, -0.05) is 18.2 Å². The van der Waals surface area contributed by atoms with Crippen LogP contribution in [-0.4, -0.2) is 46.3 Å². The number of hydrogen-bond acceptors (Lipinski definition) is 8. The minimum atomic E-state index is -0.669. The van der Waals surface area contributed by atoms with E-state index in [9.17, 15) is 9.59 Å². The van der Waals surface area contributed by atoms with Gasteiger partial charge in [-0.2, -0.15) is 0 Å². The van der Waals surface area contributed by atoms with Crippen LogP contribution in [0.1, 0.15) is 56.6 Å². The maximum Gasteiger partial charge on any atom is 0.337 e. The van der Waals surface area contributed by atoms with Crippen molar-refractivity contribution < 1.29 is 33.3 Å². The van der Waals surface area contributed by atoms with E-state index >= 15 is 0 Å². The molecule has 202 valence electrons. The Morgan fingerprint density at radius 3 is 2.13 bits per heavy atom. The third kappa shape index (κ3) is 4.95. The second-order valence-corrected chi connectivity index (χ2v) is 9.67. The Bertz CT molecular complexity index is 1280. The van der Waals surface area contributed by atoms with Gasteiger partial charge in [-0.15, -0.1) is 0 Å². The number of allylic oxidation sites excluding steroid dienone is 3. The Labute approximate surface area is 223 Å². The number of dihydropyridines is 1. The second kappa shape index (κ2) is 11.2. The molecule has 0 amide bonds. The number of hydrogen-bond donors (Lipinski definition) is 1. The number of esters is 1. The molecule has 0 radical (unpaired) electrons. The van der Waals surface area contributed by atoms with Crippen LogP contribution in [0.5, 0.6) is 23.0 Å². The van der Waals surface area contributed by atoms with E-state index in [2.05, 4.69) is 5.32 Å². The lowest BCUT2D eigenvalue weighted by atomic mass is 9.71. The van der Waals surface area contributed by atoms with Crippen molar-refractivity contribution in [2.75, 3.05) is 28.4 Å². The fourth-order valence-electron chi connectivity index (χ4n) is 5.41. The summed E-state index contributed by atoms with van der Waals surface area (Å²) >= 11 is 0. The van der Waals surface area contributed by atoms with Crippen LogP contribution >= 0.6 is 0 Å². The Morgan fingerprint density at radius 1 is 0.921 bits per heavy atom. The first kappa shape index (κ1) is 27.1. The number of carbonyl (C=O) groups is 2. The fraction of sp³-hybridized carbons (Fsp3) is 0.400. The molecule has 0 aromatic heterocycles. The van der Waals surface area contributed by atoms with E-state index in [1.165, 1.54) is 21.3 Å². The smallest absolute Gasteiger partial charge is 0.337 e. The van der Waals surface area contributed by atoms with Crippen LogP contribution in [0.4, 0.5) is 0 Å². The van der Waals surface area contributed by atoms with Crippen LogP contribution in [0.3, 0.4) is 0 Å². The van der Waals surface area contributed by atoms with Crippen molar-refractivity contribution in [3.05, 3.63) is 70.1 Å². The van der Waals surface area contributed by atoms with Gasteiger partial charge in [-0.05, 0) is 56.5 Å². The zero-order valence-electron chi connectivity index (χ0n) is 23.0. The molecule has 1 N–H and O–H groups in total. The molecule has 2 aromatic rings. The number of nitrogens with one attached hydrogen (secondary N) is 1. The zero-order chi connectivity index (χ0) is 27.6. The van der Waals surface area contributed by atoms with Gasteiger partial charge in [0.15, 0.2) is 17.3 Å². The second-order valence-electron chi connectivity index (χ2n) is 9.67. The monoisotopic (exact) mass is 521 g/mol. The minimum absolute atomic E-state index is 0.0456. The van der Waals surface area contributed by atoms with Crippen LogP contribution < -0.4 is 24.3 Å². The first-order valence-electron chi connectivity index (χ1n) is 12.6. The maximum absolute atomic E-state index is 13.9. The van der Waals surface area contributed by atoms with Gasteiger partial charge >= 0.3 is 5.97 Å². The number of Topliss-reactive ketones (excluding diaryl/α,β-unsaturated/α-hetero) is 1. The highest BCUT2D eigenvalue weighted by molar-refractivity contribution is 6.04. The summed E-state index contributed by atoms with van der Waals surface area (Å²) in [5.74, 6) is 0.796. The molecular formula is C30H35NO7. The van der Waals surface area contributed by atoms with E-state index in [1.807, 2.05) is 31.2 Å². The number of ketones is 1. The predicted octanol–water partition coefficient (Wildman–Crippen LogP) is 5.03. The molecule has 0 fully saturated rings.